The van der Waals surface area contributed by atoms with E-state index in [2.05, 4.69) is 19.9 Å². The largest absolute Gasteiger partial charge is 0.355 e. The van der Waals surface area contributed by atoms with E-state index in [9.17, 15) is 13.2 Å². The van der Waals surface area contributed by atoms with Gasteiger partial charge in [-0.15, -0.1) is 0 Å². The molecule has 11 heteroatoms. The summed E-state index contributed by atoms with van der Waals surface area (Å²) in [5.74, 6) is 0.748. The van der Waals surface area contributed by atoms with Crippen LogP contribution in [-0.4, -0.2) is 43.7 Å². The monoisotopic (exact) mass is 524 g/mol. The van der Waals surface area contributed by atoms with Crippen LogP contribution in [0.25, 0.3) is 0 Å². The Balaban J connectivity index is 1.74. The van der Waals surface area contributed by atoms with Crippen LogP contribution in [0.15, 0.2) is 63.6 Å². The van der Waals surface area contributed by atoms with E-state index in [1.165, 1.54) is 18.2 Å². The van der Waals surface area contributed by atoms with Crippen molar-refractivity contribution in [1.82, 2.24) is 10.2 Å². The first-order chi connectivity index (χ1) is 15.7. The molecule has 0 saturated carbocycles. The topological polar surface area (TPSA) is 90.9 Å². The molecule has 2 aliphatic heterocycles. The van der Waals surface area contributed by atoms with E-state index in [4.69, 9.17) is 23.2 Å². The highest BCUT2D eigenvalue weighted by Gasteiger charge is 2.37. The van der Waals surface area contributed by atoms with Gasteiger partial charge in [0.2, 0.25) is 0 Å². The van der Waals surface area contributed by atoms with Gasteiger partial charge in [0, 0.05) is 30.1 Å². The number of nitrogens with one attached hydrogen (secondary N) is 2. The number of hydrogen-bond acceptors (Lipinski definition) is 6. The zero-order chi connectivity index (χ0) is 23.8. The maximum atomic E-state index is 13.0. The van der Waals surface area contributed by atoms with Gasteiger partial charge >= 0.3 is 0 Å². The second-order valence-electron chi connectivity index (χ2n) is 7.58. The summed E-state index contributed by atoms with van der Waals surface area (Å²) in [6, 6.07) is 10.9. The molecule has 4 rings (SSSR count). The molecule has 1 unspecified atom stereocenters. The summed E-state index contributed by atoms with van der Waals surface area (Å²) in [5, 5.41) is 3.91. The third-order valence-corrected chi connectivity index (χ3v) is 8.54. The molecule has 33 heavy (non-hydrogen) atoms. The molecule has 7 nitrogen and oxygen atoms in total. The molecular formula is C22H22Cl2N4O3S2. The molecule has 1 atom stereocenters. The molecule has 1 fully saturated rings. The lowest BCUT2D eigenvalue weighted by Crippen LogP contribution is -2.43. The van der Waals surface area contributed by atoms with Crippen LogP contribution in [0.1, 0.15) is 24.9 Å². The molecule has 2 heterocycles. The summed E-state index contributed by atoms with van der Waals surface area (Å²) in [5.41, 5.74) is 2.32. The molecule has 2 N–H and O–H groups in total. The molecule has 0 radical (unpaired) electrons. The molecule has 0 aliphatic carbocycles. The van der Waals surface area contributed by atoms with Gasteiger partial charge in [-0.25, -0.2) is 13.4 Å². The SMILES string of the molecule is CNC(=O)C1=C(C)N=C2SCCCN2C1c1cccc(NS(=O)(=O)c2cc(Cl)ccc2Cl)c1. The van der Waals surface area contributed by atoms with Crippen molar-refractivity contribution in [2.75, 3.05) is 24.1 Å². The van der Waals surface area contributed by atoms with Crippen LogP contribution in [0.4, 0.5) is 5.69 Å². The highest BCUT2D eigenvalue weighted by Crippen LogP contribution is 2.40. The van der Waals surface area contributed by atoms with Crippen LogP contribution >= 0.6 is 35.0 Å². The Kier molecular flexibility index (Phi) is 6.95. The lowest BCUT2D eigenvalue weighted by atomic mass is 9.93. The maximum absolute atomic E-state index is 13.0. The Bertz CT molecular complexity index is 1280. The molecule has 2 aliphatic rings. The number of fused-ring (bicyclic) bond motifs is 1. The number of carbonyl (C=O) groups is 1. The average molecular weight is 525 g/mol. The number of hydrogen-bond donors (Lipinski definition) is 2. The van der Waals surface area contributed by atoms with Gasteiger partial charge < -0.3 is 10.2 Å². The van der Waals surface area contributed by atoms with Crippen molar-refractivity contribution >= 4 is 61.7 Å². The van der Waals surface area contributed by atoms with Crippen LogP contribution in [0.3, 0.4) is 0 Å². The number of anilines is 1. The van der Waals surface area contributed by atoms with Gasteiger partial charge in [0.1, 0.15) is 4.90 Å². The van der Waals surface area contributed by atoms with Crippen molar-refractivity contribution in [3.63, 3.8) is 0 Å². The average Bonchev–Trinajstić information content (AvgIpc) is 2.79. The number of thioether (sulfide) groups is 1. The first kappa shape index (κ1) is 23.9. The van der Waals surface area contributed by atoms with Crippen molar-refractivity contribution in [3.05, 3.63) is 69.3 Å². The molecule has 0 spiro atoms. The molecule has 0 aromatic heterocycles. The zero-order valence-electron chi connectivity index (χ0n) is 17.9. The quantitative estimate of drug-likeness (QED) is 0.593. The van der Waals surface area contributed by atoms with E-state index >= 15 is 0 Å². The number of likely N-dealkylation sites (N-methyl/N-ethyl adjacent to an activating group) is 1. The van der Waals surface area contributed by atoms with Gasteiger partial charge in [-0.1, -0.05) is 47.1 Å². The number of sulfonamides is 1. The Morgan fingerprint density at radius 2 is 2.00 bits per heavy atom. The number of amidine groups is 1. The second kappa shape index (κ2) is 9.58. The van der Waals surface area contributed by atoms with Crippen molar-refractivity contribution in [2.24, 2.45) is 4.99 Å². The number of carbonyl (C=O) groups excluding carboxylic acids is 1. The molecule has 1 saturated heterocycles. The second-order valence-corrected chi connectivity index (χ2v) is 11.1. The fourth-order valence-corrected chi connectivity index (χ4v) is 6.74. The highest BCUT2D eigenvalue weighted by molar-refractivity contribution is 8.13. The molecule has 2 aromatic rings. The molecule has 2 aromatic carbocycles. The van der Waals surface area contributed by atoms with Crippen molar-refractivity contribution in [2.45, 2.75) is 24.3 Å². The molecule has 0 bridgehead atoms. The van der Waals surface area contributed by atoms with Gasteiger partial charge in [0.05, 0.1) is 22.3 Å². The number of benzene rings is 2. The first-order valence-electron chi connectivity index (χ1n) is 10.2. The van der Waals surface area contributed by atoms with E-state index in [1.807, 2.05) is 13.0 Å². The Morgan fingerprint density at radius 1 is 1.21 bits per heavy atom. The number of allylic oxidation sites excluding steroid dienone is 1. The van der Waals surface area contributed by atoms with Crippen LogP contribution in [0.5, 0.6) is 0 Å². The van der Waals surface area contributed by atoms with Gasteiger partial charge in [-0.3, -0.25) is 9.52 Å². The van der Waals surface area contributed by atoms with Crippen LogP contribution in [-0.2, 0) is 14.8 Å². The zero-order valence-corrected chi connectivity index (χ0v) is 21.1. The summed E-state index contributed by atoms with van der Waals surface area (Å²) >= 11 is 13.7. The predicted molar refractivity (Wildman–Crippen MR) is 134 cm³/mol. The third-order valence-electron chi connectivity index (χ3n) is 5.37. The van der Waals surface area contributed by atoms with Crippen LogP contribution in [0.2, 0.25) is 10.0 Å². The first-order valence-corrected chi connectivity index (χ1v) is 13.4. The minimum Gasteiger partial charge on any atom is -0.355 e. The Labute approximate surface area is 207 Å². The predicted octanol–water partition coefficient (Wildman–Crippen LogP) is 4.66. The summed E-state index contributed by atoms with van der Waals surface area (Å²) < 4.78 is 28.6. The lowest BCUT2D eigenvalue weighted by molar-refractivity contribution is -0.117. The summed E-state index contributed by atoms with van der Waals surface area (Å²) in [6.07, 6.45) is 0.958. The van der Waals surface area contributed by atoms with Crippen molar-refractivity contribution < 1.29 is 13.2 Å². The Morgan fingerprint density at radius 3 is 2.76 bits per heavy atom. The van der Waals surface area contributed by atoms with Gasteiger partial charge in [0.15, 0.2) is 5.17 Å². The summed E-state index contributed by atoms with van der Waals surface area (Å²) in [7, 11) is -2.40. The number of aliphatic imine (C=N–C) groups is 1. The van der Waals surface area contributed by atoms with Crippen molar-refractivity contribution in [1.29, 1.82) is 0 Å². The molecule has 1 amide bonds. The lowest BCUT2D eigenvalue weighted by Gasteiger charge is -2.40. The van der Waals surface area contributed by atoms with Gasteiger partial charge in [-0.05, 0) is 49.2 Å². The van der Waals surface area contributed by atoms with Crippen LogP contribution < -0.4 is 10.0 Å². The van der Waals surface area contributed by atoms with E-state index in [0.29, 0.717) is 17.0 Å². The van der Waals surface area contributed by atoms with Crippen molar-refractivity contribution in [3.8, 4) is 0 Å². The number of halogens is 2. The fourth-order valence-electron chi connectivity index (χ4n) is 3.91. The van der Waals surface area contributed by atoms with E-state index in [-0.39, 0.29) is 26.9 Å². The van der Waals surface area contributed by atoms with E-state index < -0.39 is 10.0 Å². The van der Waals surface area contributed by atoms with E-state index in [0.717, 1.165) is 29.4 Å². The summed E-state index contributed by atoms with van der Waals surface area (Å²) in [4.78, 5) is 19.4. The number of nitrogens with zero attached hydrogens (tertiary/aromatic N) is 2. The fraction of sp³-hybridized carbons (Fsp3) is 0.273. The minimum absolute atomic E-state index is 0.0713. The van der Waals surface area contributed by atoms with Gasteiger partial charge in [-0.2, -0.15) is 0 Å². The van der Waals surface area contributed by atoms with Gasteiger partial charge in [0.25, 0.3) is 15.9 Å². The highest BCUT2D eigenvalue weighted by atomic mass is 35.5. The van der Waals surface area contributed by atoms with Crippen LogP contribution in [0, 0.1) is 0 Å². The molecule has 174 valence electrons. The molecular weight excluding hydrogens is 503 g/mol. The maximum Gasteiger partial charge on any atom is 0.263 e. The minimum atomic E-state index is -3.98. The van der Waals surface area contributed by atoms with E-state index in [1.54, 1.807) is 37.0 Å². The number of rotatable bonds is 5. The third kappa shape index (κ3) is 4.87. The normalized spacial score (nSPS) is 18.5. The smallest absolute Gasteiger partial charge is 0.263 e. The number of amides is 1. The Hall–Kier alpha value is -2.20. The summed E-state index contributed by atoms with van der Waals surface area (Å²) in [6.45, 7) is 2.57. The standard InChI is InChI=1S/C22H22Cl2N4O3S2/c1-13-19(21(29)25-2)20(28-9-4-10-32-22(28)26-13)14-5-3-6-16(11-14)27-33(30,31)18-12-15(23)7-8-17(18)24/h3,5-8,11-12,20,27H,4,9-10H2,1-2H3,(H,25,29).